The van der Waals surface area contributed by atoms with Gasteiger partial charge in [0.2, 0.25) is 5.91 Å². The molecule has 2 aromatic rings. The number of carbonyl (C=O) groups excluding carboxylic acids is 2. The molecule has 0 atom stereocenters. The zero-order chi connectivity index (χ0) is 18.8. The van der Waals surface area contributed by atoms with Gasteiger partial charge in [0, 0.05) is 23.9 Å². The molecular weight excluding hydrogens is 357 g/mol. The van der Waals surface area contributed by atoms with Crippen molar-refractivity contribution in [3.8, 4) is 16.3 Å². The number of primary amides is 1. The number of rotatable bonds is 4. The first-order valence-electron chi connectivity index (χ1n) is 8.31. The van der Waals surface area contributed by atoms with E-state index in [0.29, 0.717) is 47.3 Å². The van der Waals surface area contributed by atoms with Crippen LogP contribution in [0.2, 0.25) is 0 Å². The summed E-state index contributed by atoms with van der Waals surface area (Å²) in [4.78, 5) is 30.9. The van der Waals surface area contributed by atoms with Crippen molar-refractivity contribution in [2.24, 2.45) is 11.7 Å². The van der Waals surface area contributed by atoms with Crippen LogP contribution in [0.4, 0.5) is 4.39 Å². The zero-order valence-electron chi connectivity index (χ0n) is 14.6. The molecule has 1 aliphatic heterocycles. The third-order valence-electron chi connectivity index (χ3n) is 4.59. The highest BCUT2D eigenvalue weighted by Crippen LogP contribution is 2.36. The van der Waals surface area contributed by atoms with E-state index in [1.807, 2.05) is 0 Å². The summed E-state index contributed by atoms with van der Waals surface area (Å²) < 4.78 is 19.5. The van der Waals surface area contributed by atoms with E-state index >= 15 is 0 Å². The van der Waals surface area contributed by atoms with E-state index in [2.05, 4.69) is 4.98 Å². The lowest BCUT2D eigenvalue weighted by Gasteiger charge is -2.30. The quantitative estimate of drug-likeness (QED) is 0.887. The summed E-state index contributed by atoms with van der Waals surface area (Å²) in [5, 5.41) is 0.410. The molecule has 0 saturated carbocycles. The number of aromatic nitrogens is 1. The first-order valence-corrected chi connectivity index (χ1v) is 9.13. The Morgan fingerprint density at radius 3 is 2.65 bits per heavy atom. The maximum atomic E-state index is 14.3. The zero-order valence-corrected chi connectivity index (χ0v) is 15.4. The molecular formula is C18H20FN3O3S. The minimum absolute atomic E-state index is 0.186. The Balaban J connectivity index is 1.85. The molecule has 1 aromatic heterocycles. The van der Waals surface area contributed by atoms with Crippen LogP contribution in [0.1, 0.15) is 28.2 Å². The van der Waals surface area contributed by atoms with Crippen molar-refractivity contribution in [1.82, 2.24) is 9.88 Å². The minimum atomic E-state index is -0.445. The Labute approximate surface area is 154 Å². The molecule has 1 saturated heterocycles. The summed E-state index contributed by atoms with van der Waals surface area (Å²) in [5.74, 6) is -0.785. The van der Waals surface area contributed by atoms with Crippen LogP contribution in [0.5, 0.6) is 5.75 Å². The number of piperidine rings is 1. The Morgan fingerprint density at radius 2 is 2.04 bits per heavy atom. The molecule has 0 radical (unpaired) electrons. The van der Waals surface area contributed by atoms with Crippen molar-refractivity contribution >= 4 is 23.2 Å². The van der Waals surface area contributed by atoms with Crippen molar-refractivity contribution in [3.63, 3.8) is 0 Å². The van der Waals surface area contributed by atoms with Gasteiger partial charge < -0.3 is 15.4 Å². The molecule has 3 rings (SSSR count). The highest BCUT2D eigenvalue weighted by molar-refractivity contribution is 7.15. The van der Waals surface area contributed by atoms with E-state index in [0.717, 1.165) is 0 Å². The number of likely N-dealkylation sites (tertiary alicyclic amines) is 1. The molecule has 0 unspecified atom stereocenters. The van der Waals surface area contributed by atoms with Gasteiger partial charge in [0.15, 0.2) is 0 Å². The fourth-order valence-corrected chi connectivity index (χ4v) is 4.06. The van der Waals surface area contributed by atoms with E-state index in [9.17, 15) is 14.0 Å². The predicted molar refractivity (Wildman–Crippen MR) is 96.6 cm³/mol. The van der Waals surface area contributed by atoms with Crippen molar-refractivity contribution < 1.29 is 18.7 Å². The number of methoxy groups -OCH3 is 1. The second-order valence-corrected chi connectivity index (χ2v) is 7.41. The first-order chi connectivity index (χ1) is 12.4. The van der Waals surface area contributed by atoms with Gasteiger partial charge in [0.05, 0.1) is 12.7 Å². The van der Waals surface area contributed by atoms with Gasteiger partial charge in [-0.25, -0.2) is 9.37 Å². The summed E-state index contributed by atoms with van der Waals surface area (Å²) in [5.41, 5.74) is 5.90. The number of carbonyl (C=O) groups is 2. The molecule has 138 valence electrons. The molecule has 1 fully saturated rings. The van der Waals surface area contributed by atoms with Crippen LogP contribution in [0.15, 0.2) is 18.2 Å². The molecule has 0 spiro atoms. The average molecular weight is 377 g/mol. The van der Waals surface area contributed by atoms with Crippen LogP contribution in [0.3, 0.4) is 0 Å². The normalized spacial score (nSPS) is 15.1. The van der Waals surface area contributed by atoms with Crippen molar-refractivity contribution in [1.29, 1.82) is 0 Å². The molecule has 1 aliphatic rings. The van der Waals surface area contributed by atoms with Crippen LogP contribution in [-0.2, 0) is 4.79 Å². The lowest BCUT2D eigenvalue weighted by Crippen LogP contribution is -2.42. The second-order valence-electron chi connectivity index (χ2n) is 6.21. The standard InChI is InChI=1S/C18H20FN3O3S/c1-10-15(18(24)22-8-6-11(7-9-22)16(20)23)21-17(26-10)14-12(19)4-3-5-13(14)25-2/h3-5,11H,6-9H2,1-2H3,(H2,20,23). The third-order valence-corrected chi connectivity index (χ3v) is 5.58. The number of hydrogen-bond acceptors (Lipinski definition) is 5. The molecule has 0 bridgehead atoms. The molecule has 1 aromatic carbocycles. The summed E-state index contributed by atoms with van der Waals surface area (Å²) in [6.07, 6.45) is 1.11. The van der Waals surface area contributed by atoms with Crippen LogP contribution in [0, 0.1) is 18.7 Å². The van der Waals surface area contributed by atoms with Crippen LogP contribution in [0.25, 0.3) is 10.6 Å². The van der Waals surface area contributed by atoms with E-state index in [-0.39, 0.29) is 23.3 Å². The molecule has 26 heavy (non-hydrogen) atoms. The van der Waals surface area contributed by atoms with E-state index in [4.69, 9.17) is 10.5 Å². The minimum Gasteiger partial charge on any atom is -0.496 e. The van der Waals surface area contributed by atoms with E-state index in [1.54, 1.807) is 24.0 Å². The third kappa shape index (κ3) is 3.41. The molecule has 2 N–H and O–H groups in total. The topological polar surface area (TPSA) is 85.5 Å². The summed E-state index contributed by atoms with van der Waals surface area (Å²) >= 11 is 1.26. The fourth-order valence-electron chi connectivity index (χ4n) is 3.10. The largest absolute Gasteiger partial charge is 0.496 e. The number of thiazole rings is 1. The molecule has 2 heterocycles. The first kappa shape index (κ1) is 18.3. The number of halogens is 1. The van der Waals surface area contributed by atoms with Crippen LogP contribution < -0.4 is 10.5 Å². The highest BCUT2D eigenvalue weighted by atomic mass is 32.1. The monoisotopic (exact) mass is 377 g/mol. The van der Waals surface area contributed by atoms with Crippen LogP contribution in [-0.4, -0.2) is 41.9 Å². The Kier molecular flexibility index (Phi) is 5.22. The smallest absolute Gasteiger partial charge is 0.273 e. The van der Waals surface area contributed by atoms with Gasteiger partial charge in [-0.2, -0.15) is 0 Å². The average Bonchev–Trinajstić information content (AvgIpc) is 3.02. The Morgan fingerprint density at radius 1 is 1.35 bits per heavy atom. The van der Waals surface area contributed by atoms with Gasteiger partial charge >= 0.3 is 0 Å². The molecule has 2 amide bonds. The van der Waals surface area contributed by atoms with Gasteiger partial charge in [-0.05, 0) is 31.9 Å². The summed E-state index contributed by atoms with van der Waals surface area (Å²) in [6.45, 7) is 2.71. The number of nitrogens with zero attached hydrogens (tertiary/aromatic N) is 2. The second kappa shape index (κ2) is 7.41. The number of benzene rings is 1. The summed E-state index contributed by atoms with van der Waals surface area (Å²) in [7, 11) is 1.47. The number of aryl methyl sites for hydroxylation is 1. The maximum absolute atomic E-state index is 14.3. The predicted octanol–water partition coefficient (Wildman–Crippen LogP) is 2.60. The molecule has 8 heteroatoms. The SMILES string of the molecule is COc1cccc(F)c1-c1nc(C(=O)N2CCC(C(N)=O)CC2)c(C)s1. The molecule has 0 aliphatic carbocycles. The highest BCUT2D eigenvalue weighted by Gasteiger charge is 2.29. The van der Waals surface area contributed by atoms with E-state index in [1.165, 1.54) is 24.5 Å². The van der Waals surface area contributed by atoms with E-state index < -0.39 is 5.82 Å². The maximum Gasteiger partial charge on any atom is 0.273 e. The van der Waals surface area contributed by atoms with Gasteiger partial charge in [0.25, 0.3) is 5.91 Å². The molecule has 6 nitrogen and oxygen atoms in total. The van der Waals surface area contributed by atoms with Gasteiger partial charge in [-0.3, -0.25) is 9.59 Å². The van der Waals surface area contributed by atoms with Crippen LogP contribution >= 0.6 is 11.3 Å². The lowest BCUT2D eigenvalue weighted by atomic mass is 9.96. The van der Waals surface area contributed by atoms with Gasteiger partial charge in [0.1, 0.15) is 22.3 Å². The fraction of sp³-hybridized carbons (Fsp3) is 0.389. The van der Waals surface area contributed by atoms with Crippen molar-refractivity contribution in [2.75, 3.05) is 20.2 Å². The van der Waals surface area contributed by atoms with Gasteiger partial charge in [-0.15, -0.1) is 11.3 Å². The Hall–Kier alpha value is -2.48. The number of ether oxygens (including phenoxy) is 1. The number of amides is 2. The van der Waals surface area contributed by atoms with Gasteiger partial charge in [-0.1, -0.05) is 6.07 Å². The van der Waals surface area contributed by atoms with Crippen molar-refractivity contribution in [3.05, 3.63) is 34.6 Å². The summed E-state index contributed by atoms with van der Waals surface area (Å²) in [6, 6.07) is 4.56. The van der Waals surface area contributed by atoms with Crippen molar-refractivity contribution in [2.45, 2.75) is 19.8 Å². The Bertz CT molecular complexity index is 844. The number of hydrogen-bond donors (Lipinski definition) is 1. The number of nitrogens with two attached hydrogens (primary N) is 1. The lowest BCUT2D eigenvalue weighted by molar-refractivity contribution is -0.123.